The summed E-state index contributed by atoms with van der Waals surface area (Å²) in [4.78, 5) is 0. The molecule has 0 atom stereocenters. The molecule has 0 fully saturated rings. The Balaban J connectivity index is 2.67. The molecule has 0 aromatic heterocycles. The summed E-state index contributed by atoms with van der Waals surface area (Å²) in [6.45, 7) is 2.35. The van der Waals surface area contributed by atoms with Crippen LogP contribution in [-0.2, 0) is 9.84 Å². The maximum Gasteiger partial charge on any atom is 0.147 e. The third kappa shape index (κ3) is 6.83. The van der Waals surface area contributed by atoms with Gasteiger partial charge in [0, 0.05) is 18.6 Å². The summed E-state index contributed by atoms with van der Waals surface area (Å²) in [5.41, 5.74) is 1.91. The Labute approximate surface area is 126 Å². The van der Waals surface area contributed by atoms with Crippen LogP contribution in [-0.4, -0.2) is 32.9 Å². The number of halogens is 1. The van der Waals surface area contributed by atoms with Crippen molar-refractivity contribution in [3.8, 4) is 17.6 Å². The molecular formula is C15H19ClO3S. The highest BCUT2D eigenvalue weighted by Crippen LogP contribution is 2.19. The first-order valence-electron chi connectivity index (χ1n) is 6.38. The Morgan fingerprint density at radius 3 is 2.75 bits per heavy atom. The van der Waals surface area contributed by atoms with Crippen molar-refractivity contribution in [3.05, 3.63) is 29.3 Å². The predicted molar refractivity (Wildman–Crippen MR) is 83.2 cm³/mol. The van der Waals surface area contributed by atoms with E-state index in [1.54, 1.807) is 0 Å². The zero-order valence-corrected chi connectivity index (χ0v) is 13.4. The van der Waals surface area contributed by atoms with Crippen LogP contribution in [0.4, 0.5) is 0 Å². The highest BCUT2D eigenvalue weighted by molar-refractivity contribution is 7.90. The van der Waals surface area contributed by atoms with Gasteiger partial charge < -0.3 is 4.74 Å². The number of benzene rings is 1. The van der Waals surface area contributed by atoms with Crippen LogP contribution in [0, 0.1) is 18.8 Å². The number of hydrogen-bond donors (Lipinski definition) is 0. The molecule has 0 aliphatic heterocycles. The van der Waals surface area contributed by atoms with Gasteiger partial charge in [-0.25, -0.2) is 8.42 Å². The highest BCUT2D eigenvalue weighted by atomic mass is 35.5. The second kappa shape index (κ2) is 8.18. The summed E-state index contributed by atoms with van der Waals surface area (Å²) in [5, 5.41) is 0. The second-order valence-corrected chi connectivity index (χ2v) is 7.21. The maximum absolute atomic E-state index is 11.0. The normalized spacial score (nSPS) is 10.8. The summed E-state index contributed by atoms with van der Waals surface area (Å²) in [6.07, 6.45) is 2.33. The second-order valence-electron chi connectivity index (χ2n) is 4.57. The maximum atomic E-state index is 11.0. The van der Waals surface area contributed by atoms with Crippen molar-refractivity contribution >= 4 is 21.4 Å². The van der Waals surface area contributed by atoms with E-state index >= 15 is 0 Å². The quantitative estimate of drug-likeness (QED) is 0.461. The fraction of sp³-hybridized carbons (Fsp3) is 0.467. The monoisotopic (exact) mass is 314 g/mol. The van der Waals surface area contributed by atoms with Crippen LogP contribution in [0.5, 0.6) is 5.75 Å². The van der Waals surface area contributed by atoms with Gasteiger partial charge in [-0.15, -0.1) is 11.6 Å². The fourth-order valence-electron chi connectivity index (χ4n) is 1.58. The van der Waals surface area contributed by atoms with Gasteiger partial charge in [0.05, 0.1) is 17.9 Å². The molecule has 0 aliphatic carbocycles. The molecule has 20 heavy (non-hydrogen) atoms. The number of aryl methyl sites for hydroxylation is 1. The van der Waals surface area contributed by atoms with Gasteiger partial charge in [0.1, 0.15) is 15.6 Å². The summed E-state index contributed by atoms with van der Waals surface area (Å²) in [6, 6.07) is 5.76. The molecule has 0 radical (unpaired) electrons. The molecule has 0 saturated carbocycles. The zero-order chi connectivity index (χ0) is 15.0. The molecule has 3 nitrogen and oxygen atoms in total. The van der Waals surface area contributed by atoms with Crippen molar-refractivity contribution < 1.29 is 13.2 Å². The molecule has 0 spiro atoms. The van der Waals surface area contributed by atoms with E-state index in [0.29, 0.717) is 31.1 Å². The Bertz CT molecular complexity index is 597. The van der Waals surface area contributed by atoms with E-state index in [4.69, 9.17) is 16.3 Å². The summed E-state index contributed by atoms with van der Waals surface area (Å²) < 4.78 is 27.7. The first-order valence-corrected chi connectivity index (χ1v) is 8.98. The third-order valence-corrected chi connectivity index (χ3v) is 3.71. The Morgan fingerprint density at radius 2 is 2.10 bits per heavy atom. The standard InChI is InChI=1S/C15H19ClO3S/c1-13-7-8-15(14(12-13)6-3-4-9-16)19-10-5-11-20(2,17)18/h7-8,12H,4-5,9-11H2,1-2H3. The van der Waals surface area contributed by atoms with Crippen molar-refractivity contribution in [2.45, 2.75) is 19.8 Å². The van der Waals surface area contributed by atoms with Gasteiger partial charge in [0.15, 0.2) is 0 Å². The van der Waals surface area contributed by atoms with Crippen LogP contribution in [0.3, 0.4) is 0 Å². The molecule has 0 saturated heterocycles. The first-order chi connectivity index (χ1) is 9.42. The van der Waals surface area contributed by atoms with Gasteiger partial charge in [0.2, 0.25) is 0 Å². The van der Waals surface area contributed by atoms with Crippen LogP contribution in [0.25, 0.3) is 0 Å². The number of alkyl halides is 1. The predicted octanol–water partition coefficient (Wildman–Crippen LogP) is 2.79. The van der Waals surface area contributed by atoms with E-state index in [1.807, 2.05) is 25.1 Å². The summed E-state index contributed by atoms with van der Waals surface area (Å²) in [7, 11) is -2.94. The molecule has 0 heterocycles. The third-order valence-electron chi connectivity index (χ3n) is 2.49. The average molecular weight is 315 g/mol. The van der Waals surface area contributed by atoms with Crippen molar-refractivity contribution in [1.82, 2.24) is 0 Å². The molecule has 0 bridgehead atoms. The van der Waals surface area contributed by atoms with Gasteiger partial charge in [-0.2, -0.15) is 0 Å². The van der Waals surface area contributed by atoms with Crippen molar-refractivity contribution in [1.29, 1.82) is 0 Å². The fourth-order valence-corrected chi connectivity index (χ4v) is 2.31. The van der Waals surface area contributed by atoms with Crippen molar-refractivity contribution in [2.24, 2.45) is 0 Å². The van der Waals surface area contributed by atoms with Gasteiger partial charge in [-0.3, -0.25) is 0 Å². The van der Waals surface area contributed by atoms with Gasteiger partial charge in [0.25, 0.3) is 0 Å². The van der Waals surface area contributed by atoms with Gasteiger partial charge >= 0.3 is 0 Å². The average Bonchev–Trinajstić information content (AvgIpc) is 2.36. The minimum atomic E-state index is -2.94. The van der Waals surface area contributed by atoms with Crippen LogP contribution in [0.2, 0.25) is 0 Å². The topological polar surface area (TPSA) is 43.4 Å². The Hall–Kier alpha value is -1.18. The van der Waals surface area contributed by atoms with Crippen LogP contribution >= 0.6 is 11.6 Å². The molecule has 0 amide bonds. The van der Waals surface area contributed by atoms with Crippen LogP contribution < -0.4 is 4.74 Å². The molecule has 0 unspecified atom stereocenters. The Morgan fingerprint density at radius 1 is 1.35 bits per heavy atom. The minimum absolute atomic E-state index is 0.131. The largest absolute Gasteiger partial charge is 0.492 e. The van der Waals surface area contributed by atoms with Crippen LogP contribution in [0.1, 0.15) is 24.0 Å². The minimum Gasteiger partial charge on any atom is -0.492 e. The van der Waals surface area contributed by atoms with Crippen LogP contribution in [0.15, 0.2) is 18.2 Å². The molecule has 0 N–H and O–H groups in total. The van der Waals surface area contributed by atoms with Gasteiger partial charge in [-0.05, 0) is 31.0 Å². The lowest BCUT2D eigenvalue weighted by Crippen LogP contribution is -2.08. The van der Waals surface area contributed by atoms with E-state index < -0.39 is 9.84 Å². The molecule has 5 heteroatoms. The van der Waals surface area contributed by atoms with Crippen molar-refractivity contribution in [2.75, 3.05) is 24.5 Å². The lowest BCUT2D eigenvalue weighted by Gasteiger charge is -2.08. The summed E-state index contributed by atoms with van der Waals surface area (Å²) in [5.74, 6) is 7.33. The summed E-state index contributed by atoms with van der Waals surface area (Å²) >= 11 is 5.59. The van der Waals surface area contributed by atoms with E-state index in [-0.39, 0.29) is 5.75 Å². The lowest BCUT2D eigenvalue weighted by atomic mass is 10.1. The molecule has 1 aromatic rings. The van der Waals surface area contributed by atoms with E-state index in [1.165, 1.54) is 6.26 Å². The number of hydrogen-bond acceptors (Lipinski definition) is 3. The van der Waals surface area contributed by atoms with E-state index in [2.05, 4.69) is 11.8 Å². The number of sulfone groups is 1. The zero-order valence-electron chi connectivity index (χ0n) is 11.8. The lowest BCUT2D eigenvalue weighted by molar-refractivity contribution is 0.317. The molecule has 0 aliphatic rings. The molecular weight excluding hydrogens is 296 g/mol. The van der Waals surface area contributed by atoms with E-state index in [9.17, 15) is 8.42 Å². The number of ether oxygens (including phenoxy) is 1. The highest BCUT2D eigenvalue weighted by Gasteiger charge is 2.04. The van der Waals surface area contributed by atoms with E-state index in [0.717, 1.165) is 11.1 Å². The smallest absolute Gasteiger partial charge is 0.147 e. The Kier molecular flexibility index (Phi) is 6.90. The molecule has 1 aromatic carbocycles. The molecule has 1 rings (SSSR count). The molecule has 110 valence electrons. The first kappa shape index (κ1) is 16.9. The SMILES string of the molecule is Cc1ccc(OCCCS(C)(=O)=O)c(C#CCCCl)c1. The van der Waals surface area contributed by atoms with Crippen molar-refractivity contribution in [3.63, 3.8) is 0 Å². The van der Waals surface area contributed by atoms with Gasteiger partial charge in [-0.1, -0.05) is 17.9 Å². The number of rotatable bonds is 6.